The number of allylic oxidation sites excluding steroid dienone is 1. The maximum atomic E-state index is 11.1. The van der Waals surface area contributed by atoms with E-state index in [2.05, 4.69) is 20.9 Å². The molecule has 1 atom stereocenters. The van der Waals surface area contributed by atoms with Gasteiger partial charge in [0.2, 0.25) is 0 Å². The van der Waals surface area contributed by atoms with Crippen molar-refractivity contribution in [2.45, 2.75) is 11.9 Å². The molecule has 0 amide bonds. The lowest BCUT2D eigenvalue weighted by Crippen LogP contribution is -2.24. The van der Waals surface area contributed by atoms with Crippen molar-refractivity contribution < 1.29 is 9.72 Å². The van der Waals surface area contributed by atoms with Crippen molar-refractivity contribution in [1.29, 1.82) is 0 Å². The fourth-order valence-electron chi connectivity index (χ4n) is 0.847. The molecule has 1 aliphatic heterocycles. The lowest BCUT2D eigenvalue weighted by Gasteiger charge is -2.07. The number of aliphatic imine (C=N–C) groups is 1. The summed E-state index contributed by atoms with van der Waals surface area (Å²) in [6.45, 7) is 1.48. The Morgan fingerprint density at radius 3 is 2.75 bits per heavy atom. The molecule has 0 radical (unpaired) electrons. The molecule has 1 aliphatic rings. The Morgan fingerprint density at radius 1 is 1.75 bits per heavy atom. The van der Waals surface area contributed by atoms with Gasteiger partial charge in [-0.3, -0.25) is 19.9 Å². The van der Waals surface area contributed by atoms with Gasteiger partial charge in [0, 0.05) is 11.8 Å². The monoisotopic (exact) mass is 232 g/mol. The number of nitrogens with zero attached hydrogens (tertiary/aromatic N) is 2. The fraction of sp³-hybridized carbons (Fsp3) is 0.333. The van der Waals surface area contributed by atoms with E-state index in [1.54, 1.807) is 0 Å². The summed E-state index contributed by atoms with van der Waals surface area (Å²) in [5.41, 5.74) is -0.0902. The minimum Gasteiger partial charge on any atom is -0.284 e. The normalized spacial score (nSPS) is 23.2. The van der Waals surface area contributed by atoms with Crippen LogP contribution in [0.5, 0.6) is 0 Å². The van der Waals surface area contributed by atoms with E-state index in [4.69, 9.17) is 0 Å². The summed E-state index contributed by atoms with van der Waals surface area (Å²) in [6, 6.07) is 0. The smallest absolute Gasteiger partial charge is 0.284 e. The van der Waals surface area contributed by atoms with Crippen LogP contribution in [-0.4, -0.2) is 21.9 Å². The number of hydrogen-bond donors (Lipinski definition) is 0. The topological polar surface area (TPSA) is 72.6 Å². The first kappa shape index (κ1) is 9.05. The van der Waals surface area contributed by atoms with Crippen LogP contribution in [0.25, 0.3) is 0 Å². The van der Waals surface area contributed by atoms with E-state index in [-0.39, 0.29) is 5.70 Å². The van der Waals surface area contributed by atoms with Gasteiger partial charge in [-0.05, 0) is 6.92 Å². The second-order valence-electron chi connectivity index (χ2n) is 2.27. The van der Waals surface area contributed by atoms with Crippen LogP contribution in [0.15, 0.2) is 16.3 Å². The second kappa shape index (κ2) is 3.14. The number of alkyl halides is 1. The highest BCUT2D eigenvalue weighted by atomic mass is 79.9. The van der Waals surface area contributed by atoms with E-state index in [0.29, 0.717) is 5.57 Å². The van der Waals surface area contributed by atoms with E-state index in [1.807, 2.05) is 0 Å². The fourth-order valence-corrected chi connectivity index (χ4v) is 1.18. The number of Topliss-reactive ketones (excluding diaryl/α,β-unsaturated/α-hetero) is 1. The standard InChI is InChI=1S/C6H5BrN2O3/c1-3-2-8-6(7)5(10)4(3)9(11)12/h2,6H,1H3. The molecule has 0 aromatic heterocycles. The molecular formula is C6H5BrN2O3. The third-order valence-corrected chi connectivity index (χ3v) is 2.06. The van der Waals surface area contributed by atoms with E-state index < -0.39 is 15.7 Å². The molecule has 0 aromatic carbocycles. The van der Waals surface area contributed by atoms with Gasteiger partial charge in [0.15, 0.2) is 4.95 Å². The van der Waals surface area contributed by atoms with Gasteiger partial charge < -0.3 is 0 Å². The van der Waals surface area contributed by atoms with Gasteiger partial charge >= 0.3 is 5.70 Å². The van der Waals surface area contributed by atoms with Crippen molar-refractivity contribution in [2.24, 2.45) is 4.99 Å². The number of carbonyl (C=O) groups excluding carboxylic acids is 1. The number of nitro groups is 1. The Morgan fingerprint density at radius 2 is 2.33 bits per heavy atom. The van der Waals surface area contributed by atoms with E-state index in [9.17, 15) is 14.9 Å². The van der Waals surface area contributed by atoms with Crippen molar-refractivity contribution >= 4 is 27.9 Å². The summed E-state index contributed by atoms with van der Waals surface area (Å²) < 4.78 is 0. The van der Waals surface area contributed by atoms with Crippen molar-refractivity contribution in [2.75, 3.05) is 0 Å². The van der Waals surface area contributed by atoms with Crippen LogP contribution in [0.1, 0.15) is 6.92 Å². The first-order chi connectivity index (χ1) is 5.54. The van der Waals surface area contributed by atoms with Crippen LogP contribution in [0, 0.1) is 10.1 Å². The maximum Gasteiger partial charge on any atom is 0.319 e. The summed E-state index contributed by atoms with van der Waals surface area (Å²) in [7, 11) is 0. The highest BCUT2D eigenvalue weighted by molar-refractivity contribution is 9.10. The molecule has 0 fully saturated rings. The number of hydrogen-bond acceptors (Lipinski definition) is 4. The number of dihydropyridines is 1. The average molecular weight is 233 g/mol. The van der Waals surface area contributed by atoms with Gasteiger partial charge in [0.05, 0.1) is 4.92 Å². The van der Waals surface area contributed by atoms with Crippen LogP contribution in [0.2, 0.25) is 0 Å². The van der Waals surface area contributed by atoms with Crippen LogP contribution < -0.4 is 0 Å². The molecule has 0 saturated heterocycles. The Balaban J connectivity index is 3.15. The lowest BCUT2D eigenvalue weighted by atomic mass is 10.1. The summed E-state index contributed by atoms with van der Waals surface area (Å²) in [5.74, 6) is -0.597. The SMILES string of the molecule is CC1=C([N+](=O)[O-])C(=O)C(Br)N=C1. The molecule has 5 nitrogen and oxygen atoms in total. The molecule has 0 spiro atoms. The van der Waals surface area contributed by atoms with E-state index in [0.717, 1.165) is 0 Å². The molecule has 0 saturated carbocycles. The van der Waals surface area contributed by atoms with Gasteiger partial charge in [-0.2, -0.15) is 0 Å². The zero-order chi connectivity index (χ0) is 9.30. The van der Waals surface area contributed by atoms with Gasteiger partial charge in [-0.1, -0.05) is 15.9 Å². The maximum absolute atomic E-state index is 11.1. The van der Waals surface area contributed by atoms with Gasteiger partial charge in [0.1, 0.15) is 0 Å². The Hall–Kier alpha value is -1.04. The number of carbonyl (C=O) groups is 1. The number of ketones is 1. The molecule has 6 heteroatoms. The molecule has 1 unspecified atom stereocenters. The van der Waals surface area contributed by atoms with Crippen LogP contribution >= 0.6 is 15.9 Å². The minimum absolute atomic E-state index is 0.292. The summed E-state index contributed by atoms with van der Waals surface area (Å²) in [5, 5.41) is 10.4. The van der Waals surface area contributed by atoms with Gasteiger partial charge in [-0.25, -0.2) is 0 Å². The first-order valence-corrected chi connectivity index (χ1v) is 4.02. The Labute approximate surface area is 76.4 Å². The third-order valence-electron chi connectivity index (χ3n) is 1.40. The molecule has 0 bridgehead atoms. The predicted octanol–water partition coefficient (Wildman–Crippen LogP) is 0.912. The van der Waals surface area contributed by atoms with Crippen molar-refractivity contribution in [3.63, 3.8) is 0 Å². The Bertz CT molecular complexity index is 308. The lowest BCUT2D eigenvalue weighted by molar-refractivity contribution is -0.419. The zero-order valence-corrected chi connectivity index (χ0v) is 7.74. The molecule has 1 rings (SSSR count). The summed E-state index contributed by atoms with van der Waals surface area (Å²) in [6.07, 6.45) is 1.32. The Kier molecular flexibility index (Phi) is 2.37. The van der Waals surface area contributed by atoms with Crippen LogP contribution in [-0.2, 0) is 4.79 Å². The van der Waals surface area contributed by atoms with Crippen molar-refractivity contribution in [1.82, 2.24) is 0 Å². The highest BCUT2D eigenvalue weighted by Crippen LogP contribution is 2.17. The average Bonchev–Trinajstić information content (AvgIpc) is 1.97. The zero-order valence-electron chi connectivity index (χ0n) is 6.15. The van der Waals surface area contributed by atoms with Crippen molar-refractivity contribution in [3.05, 3.63) is 21.4 Å². The second-order valence-corrected chi connectivity index (χ2v) is 3.13. The third kappa shape index (κ3) is 1.42. The quantitative estimate of drug-likeness (QED) is 0.292. The van der Waals surface area contributed by atoms with Crippen LogP contribution in [0.4, 0.5) is 0 Å². The van der Waals surface area contributed by atoms with Crippen molar-refractivity contribution in [3.8, 4) is 0 Å². The molecule has 64 valence electrons. The first-order valence-electron chi connectivity index (χ1n) is 3.10. The van der Waals surface area contributed by atoms with E-state index >= 15 is 0 Å². The van der Waals surface area contributed by atoms with Gasteiger partial charge in [0.25, 0.3) is 5.78 Å². The molecule has 1 heterocycles. The molecule has 0 aromatic rings. The van der Waals surface area contributed by atoms with Crippen LogP contribution in [0.3, 0.4) is 0 Å². The number of rotatable bonds is 1. The minimum atomic E-state index is -0.804. The van der Waals surface area contributed by atoms with E-state index in [1.165, 1.54) is 13.1 Å². The molecule has 0 aliphatic carbocycles. The number of halogens is 1. The summed E-state index contributed by atoms with van der Waals surface area (Å²) in [4.78, 5) is 23.7. The molecule has 0 N–H and O–H groups in total. The largest absolute Gasteiger partial charge is 0.319 e. The summed E-state index contributed by atoms with van der Waals surface area (Å²) >= 11 is 2.90. The molecule has 12 heavy (non-hydrogen) atoms. The predicted molar refractivity (Wildman–Crippen MR) is 45.9 cm³/mol. The molecular weight excluding hydrogens is 228 g/mol. The van der Waals surface area contributed by atoms with Gasteiger partial charge in [-0.15, -0.1) is 0 Å². The highest BCUT2D eigenvalue weighted by Gasteiger charge is 2.32.